The smallest absolute Gasteiger partial charge is 0.273 e. The molecule has 3 aromatic heterocycles. The van der Waals surface area contributed by atoms with Gasteiger partial charge in [0.1, 0.15) is 0 Å². The summed E-state index contributed by atoms with van der Waals surface area (Å²) in [4.78, 5) is 17.4. The maximum Gasteiger partial charge on any atom is 0.273 e. The number of thiophene rings is 2. The summed E-state index contributed by atoms with van der Waals surface area (Å²) < 4.78 is 5.33. The third-order valence-corrected chi connectivity index (χ3v) is 6.77. The van der Waals surface area contributed by atoms with Gasteiger partial charge in [0.2, 0.25) is 0 Å². The second kappa shape index (κ2) is 8.82. The molecule has 0 bridgehead atoms. The zero-order chi connectivity index (χ0) is 18.5. The summed E-state index contributed by atoms with van der Waals surface area (Å²) >= 11 is 3.32. The highest BCUT2D eigenvalue weighted by molar-refractivity contribution is 7.13. The Morgan fingerprint density at radius 2 is 1.93 bits per heavy atom. The number of aromatic nitrogens is 1. The fourth-order valence-corrected chi connectivity index (χ4v) is 5.03. The van der Waals surface area contributed by atoms with Gasteiger partial charge in [0, 0.05) is 17.5 Å². The summed E-state index contributed by atoms with van der Waals surface area (Å²) in [6.07, 6.45) is 5.04. The molecule has 1 fully saturated rings. The maximum absolute atomic E-state index is 12.6. The van der Waals surface area contributed by atoms with Crippen molar-refractivity contribution in [2.24, 2.45) is 0 Å². The number of rotatable bonds is 6. The molecule has 1 aliphatic rings. The second-order valence-electron chi connectivity index (χ2n) is 6.75. The van der Waals surface area contributed by atoms with Crippen molar-refractivity contribution >= 4 is 28.6 Å². The van der Waals surface area contributed by atoms with E-state index in [2.05, 4.69) is 32.9 Å². The molecule has 0 aliphatic carbocycles. The first-order chi connectivity index (χ1) is 13.3. The first-order valence-electron chi connectivity index (χ1n) is 9.37. The highest BCUT2D eigenvalue weighted by Gasteiger charge is 2.24. The third-order valence-electron chi connectivity index (χ3n) is 4.92. The number of hydrogen-bond acceptors (Lipinski definition) is 6. The van der Waals surface area contributed by atoms with Gasteiger partial charge < -0.3 is 9.84 Å². The van der Waals surface area contributed by atoms with Crippen molar-refractivity contribution in [1.82, 2.24) is 15.4 Å². The zero-order valence-corrected chi connectivity index (χ0v) is 16.7. The van der Waals surface area contributed by atoms with Crippen LogP contribution >= 0.6 is 22.7 Å². The monoisotopic (exact) mass is 401 g/mol. The fourth-order valence-electron chi connectivity index (χ4n) is 3.49. The lowest BCUT2D eigenvalue weighted by Gasteiger charge is -2.30. The summed E-state index contributed by atoms with van der Waals surface area (Å²) in [5.74, 6) is 0.454. The molecule has 0 aromatic carbocycles. The zero-order valence-electron chi connectivity index (χ0n) is 15.1. The maximum atomic E-state index is 12.6. The first-order valence-corrected chi connectivity index (χ1v) is 11.1. The van der Waals surface area contributed by atoms with Gasteiger partial charge >= 0.3 is 0 Å². The van der Waals surface area contributed by atoms with E-state index in [1.54, 1.807) is 28.7 Å². The summed E-state index contributed by atoms with van der Waals surface area (Å²) in [6.45, 7) is 2.76. The minimum atomic E-state index is -0.182. The van der Waals surface area contributed by atoms with E-state index in [9.17, 15) is 4.79 Å². The Morgan fingerprint density at radius 1 is 1.15 bits per heavy atom. The van der Waals surface area contributed by atoms with Crippen molar-refractivity contribution in [2.75, 3.05) is 19.6 Å². The number of hydrogen-bond donors (Lipinski definition) is 1. The quantitative estimate of drug-likeness (QED) is 0.644. The molecule has 1 saturated heterocycles. The average Bonchev–Trinajstić information content (AvgIpc) is 3.42. The van der Waals surface area contributed by atoms with E-state index in [-0.39, 0.29) is 11.9 Å². The van der Waals surface area contributed by atoms with E-state index in [1.807, 2.05) is 17.5 Å². The van der Waals surface area contributed by atoms with E-state index in [4.69, 9.17) is 4.52 Å². The van der Waals surface area contributed by atoms with Crippen LogP contribution < -0.4 is 5.32 Å². The van der Waals surface area contributed by atoms with E-state index >= 15 is 0 Å². The molecule has 4 heterocycles. The molecule has 142 valence electrons. The number of likely N-dealkylation sites (tertiary alicyclic amines) is 1. The largest absolute Gasteiger partial charge is 0.355 e. The van der Waals surface area contributed by atoms with Crippen LogP contribution in [0.5, 0.6) is 0 Å². The van der Waals surface area contributed by atoms with Crippen molar-refractivity contribution in [3.8, 4) is 10.6 Å². The number of carbonyl (C=O) groups is 1. The van der Waals surface area contributed by atoms with Crippen LogP contribution in [0.15, 0.2) is 45.6 Å². The van der Waals surface area contributed by atoms with Gasteiger partial charge in [0.15, 0.2) is 11.5 Å². The third kappa shape index (κ3) is 4.48. The lowest BCUT2D eigenvalue weighted by atomic mass is 10.2. The molecule has 1 atom stereocenters. The molecule has 0 radical (unpaired) electrons. The average molecular weight is 402 g/mol. The van der Waals surface area contributed by atoms with Gasteiger partial charge in [-0.25, -0.2) is 0 Å². The molecule has 7 heteroatoms. The molecule has 0 saturated carbocycles. The molecule has 1 N–H and O–H groups in total. The van der Waals surface area contributed by atoms with Gasteiger partial charge in [-0.05, 0) is 48.8 Å². The number of nitrogens with zero attached hydrogens (tertiary/aromatic N) is 2. The Labute approximate surface area is 167 Å². The first kappa shape index (κ1) is 18.4. The minimum absolute atomic E-state index is 0.182. The SMILES string of the molecule is O=C(NCC(c1cccs1)N1CCCCCC1)c1cc(-c2cccs2)on1. The van der Waals surface area contributed by atoms with E-state index < -0.39 is 0 Å². The molecular weight excluding hydrogens is 378 g/mol. The van der Waals surface area contributed by atoms with Gasteiger partial charge in [-0.2, -0.15) is 0 Å². The molecule has 1 amide bonds. The van der Waals surface area contributed by atoms with Gasteiger partial charge in [-0.1, -0.05) is 30.1 Å². The van der Waals surface area contributed by atoms with Crippen molar-refractivity contribution in [2.45, 2.75) is 31.7 Å². The van der Waals surface area contributed by atoms with E-state index in [1.165, 1.54) is 30.6 Å². The molecule has 3 aromatic rings. The Balaban J connectivity index is 1.43. The fraction of sp³-hybridized carbons (Fsp3) is 0.400. The van der Waals surface area contributed by atoms with Gasteiger partial charge in [0.05, 0.1) is 10.9 Å². The highest BCUT2D eigenvalue weighted by Crippen LogP contribution is 2.28. The van der Waals surface area contributed by atoms with Gasteiger partial charge in [-0.3, -0.25) is 9.69 Å². The molecule has 4 rings (SSSR count). The van der Waals surface area contributed by atoms with Crippen LogP contribution in [0.2, 0.25) is 0 Å². The van der Waals surface area contributed by atoms with Crippen LogP contribution in [0.1, 0.15) is 47.1 Å². The molecule has 27 heavy (non-hydrogen) atoms. The molecule has 1 unspecified atom stereocenters. The number of carbonyl (C=O) groups excluding carboxylic acids is 1. The van der Waals surface area contributed by atoms with Crippen molar-refractivity contribution in [1.29, 1.82) is 0 Å². The standard InChI is InChI=1S/C20H23N3O2S2/c24-20(15-13-17(25-22-15)19-8-6-12-27-19)21-14-16(18-7-5-11-26-18)23-9-3-1-2-4-10-23/h5-8,11-13,16H,1-4,9-10,14H2,(H,21,24). The highest BCUT2D eigenvalue weighted by atomic mass is 32.1. The van der Waals surface area contributed by atoms with E-state index in [0.29, 0.717) is 18.0 Å². The van der Waals surface area contributed by atoms with Crippen LogP contribution in [-0.4, -0.2) is 35.6 Å². The lowest BCUT2D eigenvalue weighted by Crippen LogP contribution is -2.38. The second-order valence-corrected chi connectivity index (χ2v) is 8.67. The lowest BCUT2D eigenvalue weighted by molar-refractivity contribution is 0.0925. The normalized spacial score (nSPS) is 16.7. The molecule has 0 spiro atoms. The van der Waals surface area contributed by atoms with Crippen molar-refractivity contribution in [3.63, 3.8) is 0 Å². The Hall–Kier alpha value is -1.96. The molecule has 5 nitrogen and oxygen atoms in total. The minimum Gasteiger partial charge on any atom is -0.355 e. The Kier molecular flexibility index (Phi) is 6.01. The van der Waals surface area contributed by atoms with Gasteiger partial charge in [0.25, 0.3) is 5.91 Å². The van der Waals surface area contributed by atoms with Crippen molar-refractivity contribution in [3.05, 3.63) is 51.7 Å². The van der Waals surface area contributed by atoms with Crippen LogP contribution in [-0.2, 0) is 0 Å². The summed E-state index contributed by atoms with van der Waals surface area (Å²) in [5, 5.41) is 11.1. The van der Waals surface area contributed by atoms with Crippen LogP contribution in [0.4, 0.5) is 0 Å². The number of amides is 1. The Bertz CT molecular complexity index is 835. The summed E-state index contributed by atoms with van der Waals surface area (Å²) in [5.41, 5.74) is 0.333. The Morgan fingerprint density at radius 3 is 2.63 bits per heavy atom. The van der Waals surface area contributed by atoms with Gasteiger partial charge in [-0.15, -0.1) is 22.7 Å². The summed E-state index contributed by atoms with van der Waals surface area (Å²) in [7, 11) is 0. The van der Waals surface area contributed by atoms with Crippen molar-refractivity contribution < 1.29 is 9.32 Å². The summed E-state index contributed by atoms with van der Waals surface area (Å²) in [6, 6.07) is 10.1. The topological polar surface area (TPSA) is 58.4 Å². The molecular formula is C20H23N3O2S2. The van der Waals surface area contributed by atoms with Crippen LogP contribution in [0.3, 0.4) is 0 Å². The van der Waals surface area contributed by atoms with Crippen LogP contribution in [0.25, 0.3) is 10.6 Å². The van der Waals surface area contributed by atoms with E-state index in [0.717, 1.165) is 18.0 Å². The molecule has 1 aliphatic heterocycles. The predicted octanol–water partition coefficient (Wildman–Crippen LogP) is 4.81. The predicted molar refractivity (Wildman–Crippen MR) is 109 cm³/mol. The number of nitrogens with one attached hydrogen (secondary N) is 1. The van der Waals surface area contributed by atoms with Crippen LogP contribution in [0, 0.1) is 0 Å².